The van der Waals surface area contributed by atoms with E-state index in [2.05, 4.69) is 5.32 Å². The van der Waals surface area contributed by atoms with Gasteiger partial charge >= 0.3 is 0 Å². The van der Waals surface area contributed by atoms with E-state index < -0.39 is 0 Å². The fourth-order valence-electron chi connectivity index (χ4n) is 2.28. The predicted molar refractivity (Wildman–Crippen MR) is 75.5 cm³/mol. The Morgan fingerprint density at radius 3 is 2.40 bits per heavy atom. The summed E-state index contributed by atoms with van der Waals surface area (Å²) in [6.07, 6.45) is 4.55. The Morgan fingerprint density at radius 2 is 1.90 bits per heavy atom. The maximum absolute atomic E-state index is 11.9. The standard InChI is InChI=1S/C14H23N3O3/c1-3-11(14(20)16-9-8-15)5-4-10(2)17-12(18)6-7-13(17)19/h6-7,10-11H,3-5,8-9,15H2,1-2H3,(H,16,20). The van der Waals surface area contributed by atoms with E-state index in [4.69, 9.17) is 5.73 Å². The summed E-state index contributed by atoms with van der Waals surface area (Å²) in [7, 11) is 0. The van der Waals surface area contributed by atoms with E-state index in [0.717, 1.165) is 6.42 Å². The largest absolute Gasteiger partial charge is 0.355 e. The molecule has 0 fully saturated rings. The van der Waals surface area contributed by atoms with Crippen LogP contribution in [-0.4, -0.2) is 41.8 Å². The molecule has 3 N–H and O–H groups in total. The normalized spacial score (nSPS) is 17.4. The van der Waals surface area contributed by atoms with Gasteiger partial charge in [-0.25, -0.2) is 0 Å². The second kappa shape index (κ2) is 7.79. The number of nitrogens with one attached hydrogen (secondary N) is 1. The molecule has 1 heterocycles. The van der Waals surface area contributed by atoms with Crippen molar-refractivity contribution in [3.05, 3.63) is 12.2 Å². The zero-order chi connectivity index (χ0) is 15.1. The number of nitrogens with zero attached hydrogens (tertiary/aromatic N) is 1. The lowest BCUT2D eigenvalue weighted by atomic mass is 9.96. The minimum absolute atomic E-state index is 0.0117. The molecular formula is C14H23N3O3. The zero-order valence-corrected chi connectivity index (χ0v) is 12.1. The van der Waals surface area contributed by atoms with Crippen molar-refractivity contribution in [3.8, 4) is 0 Å². The molecule has 6 heteroatoms. The molecule has 0 spiro atoms. The minimum Gasteiger partial charge on any atom is -0.355 e. The number of carbonyl (C=O) groups excluding carboxylic acids is 3. The molecule has 1 aliphatic rings. The Balaban J connectivity index is 2.46. The van der Waals surface area contributed by atoms with E-state index in [9.17, 15) is 14.4 Å². The van der Waals surface area contributed by atoms with E-state index in [1.165, 1.54) is 17.1 Å². The quantitative estimate of drug-likeness (QED) is 0.621. The van der Waals surface area contributed by atoms with Crippen molar-refractivity contribution in [1.29, 1.82) is 0 Å². The first-order valence-electron chi connectivity index (χ1n) is 7.04. The van der Waals surface area contributed by atoms with E-state index >= 15 is 0 Å². The lowest BCUT2D eigenvalue weighted by Crippen LogP contribution is -2.39. The van der Waals surface area contributed by atoms with Gasteiger partial charge in [-0.1, -0.05) is 6.92 Å². The topological polar surface area (TPSA) is 92.5 Å². The summed E-state index contributed by atoms with van der Waals surface area (Å²) in [4.78, 5) is 36.2. The van der Waals surface area contributed by atoms with Crippen molar-refractivity contribution in [2.24, 2.45) is 11.7 Å². The lowest BCUT2D eigenvalue weighted by Gasteiger charge is -2.24. The third kappa shape index (κ3) is 4.16. The first-order valence-corrected chi connectivity index (χ1v) is 7.04. The molecule has 0 saturated heterocycles. The van der Waals surface area contributed by atoms with Crippen molar-refractivity contribution in [1.82, 2.24) is 10.2 Å². The molecule has 0 radical (unpaired) electrons. The summed E-state index contributed by atoms with van der Waals surface area (Å²) in [5, 5.41) is 2.77. The smallest absolute Gasteiger partial charge is 0.253 e. The van der Waals surface area contributed by atoms with Crippen LogP contribution in [-0.2, 0) is 14.4 Å². The van der Waals surface area contributed by atoms with Gasteiger partial charge in [0.1, 0.15) is 0 Å². The highest BCUT2D eigenvalue weighted by Crippen LogP contribution is 2.18. The van der Waals surface area contributed by atoms with Crippen LogP contribution in [0.2, 0.25) is 0 Å². The van der Waals surface area contributed by atoms with Crippen molar-refractivity contribution in [3.63, 3.8) is 0 Å². The van der Waals surface area contributed by atoms with Crippen molar-refractivity contribution >= 4 is 17.7 Å². The number of hydrogen-bond donors (Lipinski definition) is 2. The van der Waals surface area contributed by atoms with Crippen LogP contribution in [0.5, 0.6) is 0 Å². The van der Waals surface area contributed by atoms with Crippen molar-refractivity contribution in [2.45, 2.75) is 39.2 Å². The third-order valence-corrected chi connectivity index (χ3v) is 3.52. The van der Waals surface area contributed by atoms with E-state index in [0.29, 0.717) is 25.9 Å². The monoisotopic (exact) mass is 281 g/mol. The fraction of sp³-hybridized carbons (Fsp3) is 0.643. The van der Waals surface area contributed by atoms with Gasteiger partial charge in [0.05, 0.1) is 0 Å². The summed E-state index contributed by atoms with van der Waals surface area (Å²) in [5.74, 6) is -0.668. The summed E-state index contributed by atoms with van der Waals surface area (Å²) >= 11 is 0. The van der Waals surface area contributed by atoms with E-state index in [-0.39, 0.29) is 29.7 Å². The molecule has 2 unspecified atom stereocenters. The average Bonchev–Trinajstić information content (AvgIpc) is 2.76. The highest BCUT2D eigenvalue weighted by Gasteiger charge is 2.29. The van der Waals surface area contributed by atoms with Crippen LogP contribution >= 0.6 is 0 Å². The van der Waals surface area contributed by atoms with Gasteiger partial charge < -0.3 is 11.1 Å². The van der Waals surface area contributed by atoms with Gasteiger partial charge in [0.25, 0.3) is 11.8 Å². The second-order valence-corrected chi connectivity index (χ2v) is 4.99. The van der Waals surface area contributed by atoms with Crippen molar-refractivity contribution < 1.29 is 14.4 Å². The van der Waals surface area contributed by atoms with Crippen LogP contribution in [0.25, 0.3) is 0 Å². The number of carbonyl (C=O) groups is 3. The van der Waals surface area contributed by atoms with E-state index in [1.807, 2.05) is 13.8 Å². The maximum atomic E-state index is 11.9. The van der Waals surface area contributed by atoms with Crippen LogP contribution < -0.4 is 11.1 Å². The Kier molecular flexibility index (Phi) is 6.38. The molecule has 20 heavy (non-hydrogen) atoms. The maximum Gasteiger partial charge on any atom is 0.253 e. The van der Waals surface area contributed by atoms with Crippen LogP contribution in [0.4, 0.5) is 0 Å². The molecule has 112 valence electrons. The summed E-state index contributed by atoms with van der Waals surface area (Å²) in [5.41, 5.74) is 5.35. The third-order valence-electron chi connectivity index (χ3n) is 3.52. The molecule has 0 aliphatic carbocycles. The Bertz CT molecular complexity index is 388. The van der Waals surface area contributed by atoms with Crippen LogP contribution in [0.15, 0.2) is 12.2 Å². The molecule has 6 nitrogen and oxygen atoms in total. The number of nitrogens with two attached hydrogens (primary N) is 1. The Labute approximate surface area is 119 Å². The molecule has 0 aromatic heterocycles. The first-order chi connectivity index (χ1) is 9.51. The first kappa shape index (κ1) is 16.4. The minimum atomic E-state index is -0.275. The Morgan fingerprint density at radius 1 is 1.30 bits per heavy atom. The molecule has 1 aliphatic heterocycles. The fourth-order valence-corrected chi connectivity index (χ4v) is 2.28. The predicted octanol–water partition coefficient (Wildman–Crippen LogP) is 0.181. The van der Waals surface area contributed by atoms with Crippen LogP contribution in [0.1, 0.15) is 33.1 Å². The van der Waals surface area contributed by atoms with Crippen LogP contribution in [0.3, 0.4) is 0 Å². The number of rotatable bonds is 8. The molecular weight excluding hydrogens is 258 g/mol. The molecule has 0 saturated carbocycles. The SMILES string of the molecule is CCC(CCC(C)N1C(=O)C=CC1=O)C(=O)NCCN. The van der Waals surface area contributed by atoms with Gasteiger partial charge in [-0.2, -0.15) is 0 Å². The number of amides is 3. The van der Waals surface area contributed by atoms with Gasteiger partial charge in [-0.05, 0) is 26.2 Å². The van der Waals surface area contributed by atoms with Gasteiger partial charge in [0.2, 0.25) is 5.91 Å². The molecule has 3 amide bonds. The summed E-state index contributed by atoms with van der Waals surface area (Å²) in [6.45, 7) is 4.66. The zero-order valence-electron chi connectivity index (χ0n) is 12.1. The highest BCUT2D eigenvalue weighted by molar-refractivity contribution is 6.13. The highest BCUT2D eigenvalue weighted by atomic mass is 16.2. The van der Waals surface area contributed by atoms with Gasteiger partial charge in [-0.3, -0.25) is 19.3 Å². The van der Waals surface area contributed by atoms with Gasteiger partial charge in [-0.15, -0.1) is 0 Å². The Hall–Kier alpha value is -1.69. The van der Waals surface area contributed by atoms with Crippen LogP contribution in [0, 0.1) is 5.92 Å². The average molecular weight is 281 g/mol. The summed E-state index contributed by atoms with van der Waals surface area (Å²) in [6, 6.07) is -0.193. The second-order valence-electron chi connectivity index (χ2n) is 4.99. The molecule has 0 aromatic carbocycles. The number of imide groups is 1. The molecule has 0 aromatic rings. The van der Waals surface area contributed by atoms with Gasteiger partial charge in [0, 0.05) is 37.2 Å². The molecule has 2 atom stereocenters. The van der Waals surface area contributed by atoms with Crippen molar-refractivity contribution in [2.75, 3.05) is 13.1 Å². The van der Waals surface area contributed by atoms with E-state index in [1.54, 1.807) is 0 Å². The number of hydrogen-bond acceptors (Lipinski definition) is 4. The molecule has 0 bridgehead atoms. The molecule has 1 rings (SSSR count). The van der Waals surface area contributed by atoms with Gasteiger partial charge in [0.15, 0.2) is 0 Å². The summed E-state index contributed by atoms with van der Waals surface area (Å²) < 4.78 is 0. The lowest BCUT2D eigenvalue weighted by molar-refractivity contribution is -0.139.